The molecule has 100 valence electrons. The van der Waals surface area contributed by atoms with Crippen molar-refractivity contribution in [3.8, 4) is 0 Å². The Morgan fingerprint density at radius 2 is 1.78 bits per heavy atom. The summed E-state index contributed by atoms with van der Waals surface area (Å²) < 4.78 is 1.16. The van der Waals surface area contributed by atoms with Gasteiger partial charge in [-0.15, -0.1) is 0 Å². The van der Waals surface area contributed by atoms with Crippen LogP contribution in [-0.4, -0.2) is 31.1 Å². The van der Waals surface area contributed by atoms with Crippen LogP contribution in [0.15, 0.2) is 28.7 Å². The minimum Gasteiger partial charge on any atom is -0.314 e. The first-order valence-corrected chi connectivity index (χ1v) is 7.66. The molecule has 0 aliphatic carbocycles. The molecule has 0 radical (unpaired) electrons. The van der Waals surface area contributed by atoms with Gasteiger partial charge in [-0.1, -0.05) is 41.9 Å². The van der Waals surface area contributed by atoms with Crippen molar-refractivity contribution in [2.45, 2.75) is 26.3 Å². The molecule has 1 heterocycles. The van der Waals surface area contributed by atoms with E-state index < -0.39 is 0 Å². The number of halogens is 1. The van der Waals surface area contributed by atoms with E-state index in [1.165, 1.54) is 12.0 Å². The topological polar surface area (TPSA) is 15.3 Å². The highest BCUT2D eigenvalue weighted by molar-refractivity contribution is 9.10. The van der Waals surface area contributed by atoms with Crippen molar-refractivity contribution in [2.24, 2.45) is 5.92 Å². The second-order valence-corrected chi connectivity index (χ2v) is 6.40. The van der Waals surface area contributed by atoms with Gasteiger partial charge in [0, 0.05) is 36.7 Å². The van der Waals surface area contributed by atoms with Crippen LogP contribution in [0.5, 0.6) is 0 Å². The predicted octanol–water partition coefficient (Wildman–Crippen LogP) is 3.44. The van der Waals surface area contributed by atoms with Gasteiger partial charge in [0.15, 0.2) is 0 Å². The SMILES string of the molecule is CC(C)CC(c1ccc(Br)cc1)N1CCNCC1. The maximum absolute atomic E-state index is 3.52. The molecule has 2 rings (SSSR count). The van der Waals surface area contributed by atoms with E-state index in [2.05, 4.69) is 64.3 Å². The van der Waals surface area contributed by atoms with Crippen LogP contribution in [0.3, 0.4) is 0 Å². The van der Waals surface area contributed by atoms with Gasteiger partial charge in [0.1, 0.15) is 0 Å². The summed E-state index contributed by atoms with van der Waals surface area (Å²) >= 11 is 3.52. The van der Waals surface area contributed by atoms with E-state index in [-0.39, 0.29) is 0 Å². The van der Waals surface area contributed by atoms with Crippen LogP contribution < -0.4 is 5.32 Å². The molecule has 2 nitrogen and oxygen atoms in total. The molecule has 1 atom stereocenters. The lowest BCUT2D eigenvalue weighted by Crippen LogP contribution is -2.45. The van der Waals surface area contributed by atoms with Crippen LogP contribution in [0.2, 0.25) is 0 Å². The van der Waals surface area contributed by atoms with E-state index in [1.807, 2.05) is 0 Å². The Balaban J connectivity index is 2.15. The maximum atomic E-state index is 3.52. The van der Waals surface area contributed by atoms with Crippen molar-refractivity contribution >= 4 is 15.9 Å². The molecule has 1 aliphatic heterocycles. The predicted molar refractivity (Wildman–Crippen MR) is 80.8 cm³/mol. The Hall–Kier alpha value is -0.380. The smallest absolute Gasteiger partial charge is 0.0351 e. The van der Waals surface area contributed by atoms with Crippen molar-refractivity contribution < 1.29 is 0 Å². The molecule has 0 spiro atoms. The minimum absolute atomic E-state index is 0.570. The van der Waals surface area contributed by atoms with E-state index in [4.69, 9.17) is 0 Å². The fourth-order valence-electron chi connectivity index (χ4n) is 2.62. The molecule has 1 unspecified atom stereocenters. The molecule has 0 aromatic heterocycles. The highest BCUT2D eigenvalue weighted by atomic mass is 79.9. The Labute approximate surface area is 119 Å². The molecule has 1 N–H and O–H groups in total. The molecule has 0 bridgehead atoms. The number of hydrogen-bond acceptors (Lipinski definition) is 2. The van der Waals surface area contributed by atoms with Gasteiger partial charge in [0.25, 0.3) is 0 Å². The molecule has 1 fully saturated rings. The quantitative estimate of drug-likeness (QED) is 0.916. The zero-order valence-corrected chi connectivity index (χ0v) is 12.9. The Bertz CT molecular complexity index is 355. The lowest BCUT2D eigenvalue weighted by atomic mass is 9.95. The number of nitrogens with one attached hydrogen (secondary N) is 1. The van der Waals surface area contributed by atoms with Crippen LogP contribution in [-0.2, 0) is 0 Å². The first-order chi connectivity index (χ1) is 8.66. The molecule has 1 saturated heterocycles. The first kappa shape index (κ1) is 14.0. The van der Waals surface area contributed by atoms with Crippen molar-refractivity contribution in [1.29, 1.82) is 0 Å². The molecule has 1 aromatic carbocycles. The van der Waals surface area contributed by atoms with Gasteiger partial charge in [-0.05, 0) is 30.0 Å². The number of rotatable bonds is 4. The summed E-state index contributed by atoms with van der Waals surface area (Å²) in [6, 6.07) is 9.41. The summed E-state index contributed by atoms with van der Waals surface area (Å²) in [7, 11) is 0. The summed E-state index contributed by atoms with van der Waals surface area (Å²) in [4.78, 5) is 2.62. The van der Waals surface area contributed by atoms with Gasteiger partial charge in [0.05, 0.1) is 0 Å². The zero-order valence-electron chi connectivity index (χ0n) is 11.3. The molecule has 18 heavy (non-hydrogen) atoms. The van der Waals surface area contributed by atoms with Crippen molar-refractivity contribution in [3.63, 3.8) is 0 Å². The van der Waals surface area contributed by atoms with E-state index in [0.717, 1.165) is 36.6 Å². The number of benzene rings is 1. The molecular formula is C15H23BrN2. The standard InChI is InChI=1S/C15H23BrN2/c1-12(2)11-15(18-9-7-17-8-10-18)13-3-5-14(16)6-4-13/h3-6,12,15,17H,7-11H2,1-2H3. The minimum atomic E-state index is 0.570. The molecule has 0 amide bonds. The van der Waals surface area contributed by atoms with Crippen molar-refractivity contribution in [2.75, 3.05) is 26.2 Å². The summed E-state index contributed by atoms with van der Waals surface area (Å²) in [6.07, 6.45) is 1.24. The molecule has 3 heteroatoms. The van der Waals surface area contributed by atoms with E-state index in [1.54, 1.807) is 0 Å². The monoisotopic (exact) mass is 310 g/mol. The summed E-state index contributed by atoms with van der Waals surface area (Å²) in [5, 5.41) is 3.43. The van der Waals surface area contributed by atoms with Gasteiger partial charge in [-0.2, -0.15) is 0 Å². The third-order valence-corrected chi connectivity index (χ3v) is 4.07. The fourth-order valence-corrected chi connectivity index (χ4v) is 2.89. The van der Waals surface area contributed by atoms with Crippen LogP contribution in [0.1, 0.15) is 31.9 Å². The Kier molecular flexibility index (Phi) is 5.22. The van der Waals surface area contributed by atoms with E-state index >= 15 is 0 Å². The normalized spacial score (nSPS) is 19.1. The van der Waals surface area contributed by atoms with Crippen molar-refractivity contribution in [1.82, 2.24) is 10.2 Å². The highest BCUT2D eigenvalue weighted by Crippen LogP contribution is 2.28. The fraction of sp³-hybridized carbons (Fsp3) is 0.600. The van der Waals surface area contributed by atoms with Gasteiger partial charge >= 0.3 is 0 Å². The van der Waals surface area contributed by atoms with Crippen molar-refractivity contribution in [3.05, 3.63) is 34.3 Å². The first-order valence-electron chi connectivity index (χ1n) is 6.87. The molecular weight excluding hydrogens is 288 g/mol. The van der Waals surface area contributed by atoms with Gasteiger partial charge in [0.2, 0.25) is 0 Å². The lowest BCUT2D eigenvalue weighted by molar-refractivity contribution is 0.154. The number of nitrogens with zero attached hydrogens (tertiary/aromatic N) is 1. The third-order valence-electron chi connectivity index (χ3n) is 3.54. The second kappa shape index (κ2) is 6.69. The summed E-state index contributed by atoms with van der Waals surface area (Å²) in [6.45, 7) is 9.18. The summed E-state index contributed by atoms with van der Waals surface area (Å²) in [5.41, 5.74) is 1.45. The number of hydrogen-bond donors (Lipinski definition) is 1. The second-order valence-electron chi connectivity index (χ2n) is 5.48. The Morgan fingerprint density at radius 1 is 1.17 bits per heavy atom. The van der Waals surface area contributed by atoms with Crippen LogP contribution in [0.4, 0.5) is 0 Å². The molecule has 1 aliphatic rings. The molecule has 0 saturated carbocycles. The average Bonchev–Trinajstić information content (AvgIpc) is 2.38. The van der Waals surface area contributed by atoms with Crippen LogP contribution >= 0.6 is 15.9 Å². The average molecular weight is 311 g/mol. The van der Waals surface area contributed by atoms with Crippen LogP contribution in [0.25, 0.3) is 0 Å². The molecule has 1 aromatic rings. The third kappa shape index (κ3) is 3.81. The highest BCUT2D eigenvalue weighted by Gasteiger charge is 2.22. The maximum Gasteiger partial charge on any atom is 0.0351 e. The Morgan fingerprint density at radius 3 is 2.33 bits per heavy atom. The largest absolute Gasteiger partial charge is 0.314 e. The van der Waals surface area contributed by atoms with E-state index in [9.17, 15) is 0 Å². The van der Waals surface area contributed by atoms with Crippen LogP contribution in [0, 0.1) is 5.92 Å². The lowest BCUT2D eigenvalue weighted by Gasteiger charge is -2.36. The van der Waals surface area contributed by atoms with Gasteiger partial charge in [-0.25, -0.2) is 0 Å². The van der Waals surface area contributed by atoms with Gasteiger partial charge < -0.3 is 5.32 Å². The summed E-state index contributed by atoms with van der Waals surface area (Å²) in [5.74, 6) is 0.730. The van der Waals surface area contributed by atoms with Gasteiger partial charge in [-0.3, -0.25) is 4.90 Å². The number of piperazine rings is 1. The van der Waals surface area contributed by atoms with E-state index in [0.29, 0.717) is 6.04 Å². The zero-order chi connectivity index (χ0) is 13.0.